The highest BCUT2D eigenvalue weighted by molar-refractivity contribution is 7.99. The molecule has 0 amide bonds. The van der Waals surface area contributed by atoms with Crippen LogP contribution in [0.3, 0.4) is 0 Å². The summed E-state index contributed by atoms with van der Waals surface area (Å²) < 4.78 is 14.0. The molecule has 5 aromatic heterocycles. The van der Waals surface area contributed by atoms with Crippen LogP contribution in [0.1, 0.15) is 80.0 Å². The van der Waals surface area contributed by atoms with Gasteiger partial charge in [0.25, 0.3) is 0 Å². The minimum absolute atomic E-state index is 0.210. The number of nitrogens with zero attached hydrogens (tertiary/aromatic N) is 6. The van der Waals surface area contributed by atoms with Gasteiger partial charge in [-0.2, -0.15) is 0 Å². The fourth-order valence-corrected chi connectivity index (χ4v) is 8.81. The number of fused-ring (bicyclic) bond motifs is 3. The average Bonchev–Trinajstić information content (AvgIpc) is 3.86. The quantitative estimate of drug-likeness (QED) is 0.189. The topological polar surface area (TPSA) is 103 Å². The summed E-state index contributed by atoms with van der Waals surface area (Å²) >= 11 is 1.89. The van der Waals surface area contributed by atoms with Crippen molar-refractivity contribution in [3.05, 3.63) is 71.4 Å². The number of aromatic nitrogens is 6. The molecule has 0 aromatic carbocycles. The first-order chi connectivity index (χ1) is 22.0. The minimum Gasteiger partial charge on any atom is -0.421 e. The van der Waals surface area contributed by atoms with Gasteiger partial charge in [0.05, 0.1) is 34.4 Å². The second-order valence-corrected chi connectivity index (χ2v) is 14.0. The van der Waals surface area contributed by atoms with E-state index < -0.39 is 0 Å². The zero-order chi connectivity index (χ0) is 30.5. The molecule has 0 radical (unpaired) electrons. The van der Waals surface area contributed by atoms with Crippen LogP contribution in [-0.2, 0) is 17.6 Å². The summed E-state index contributed by atoms with van der Waals surface area (Å²) in [6, 6.07) is 8.64. The molecule has 9 nitrogen and oxygen atoms in total. The Labute approximate surface area is 267 Å². The van der Waals surface area contributed by atoms with E-state index in [0.717, 1.165) is 91.3 Å². The van der Waals surface area contributed by atoms with Crippen LogP contribution in [0.5, 0.6) is 0 Å². The molecule has 232 valence electrons. The third-order valence-electron chi connectivity index (χ3n) is 9.73. The summed E-state index contributed by atoms with van der Waals surface area (Å²) in [6.45, 7) is 8.14. The van der Waals surface area contributed by atoms with E-state index in [1.165, 1.54) is 21.8 Å². The van der Waals surface area contributed by atoms with E-state index in [4.69, 9.17) is 19.1 Å². The number of pyridine rings is 3. The predicted octanol–water partition coefficient (Wildman–Crippen LogP) is 7.45. The molecule has 10 heteroatoms. The van der Waals surface area contributed by atoms with Crippen molar-refractivity contribution < 1.29 is 9.15 Å². The summed E-state index contributed by atoms with van der Waals surface area (Å²) in [5.41, 5.74) is 9.52. The molecule has 1 fully saturated rings. The third-order valence-corrected chi connectivity index (χ3v) is 11.0. The smallest absolute Gasteiger partial charge is 0.250 e. The predicted molar refractivity (Wildman–Crippen MR) is 176 cm³/mol. The number of ether oxygens (including phenoxy) is 1. The molecular formula is C35H39N7O2S. The Morgan fingerprint density at radius 3 is 2.78 bits per heavy atom. The second-order valence-electron chi connectivity index (χ2n) is 13.0. The molecule has 8 rings (SSSR count). The minimum atomic E-state index is 0.210. The lowest BCUT2D eigenvalue weighted by molar-refractivity contribution is 0.0639. The lowest BCUT2D eigenvalue weighted by Gasteiger charge is -2.23. The van der Waals surface area contributed by atoms with Crippen LogP contribution in [0, 0.1) is 18.8 Å². The number of hydrogen-bond acceptors (Lipinski definition) is 9. The average molecular weight is 622 g/mol. The molecule has 0 bridgehead atoms. The van der Waals surface area contributed by atoms with Gasteiger partial charge in [-0.05, 0) is 74.1 Å². The van der Waals surface area contributed by atoms with Gasteiger partial charge in [-0.3, -0.25) is 9.97 Å². The molecule has 2 aliphatic heterocycles. The Balaban J connectivity index is 1.26. The number of hydrogen-bond donors (Lipinski definition) is 1. The molecule has 0 spiro atoms. The molecule has 2 atom stereocenters. The van der Waals surface area contributed by atoms with Gasteiger partial charge in [0.1, 0.15) is 0 Å². The Bertz CT molecular complexity index is 1860. The van der Waals surface area contributed by atoms with Crippen molar-refractivity contribution >= 4 is 23.1 Å². The van der Waals surface area contributed by atoms with E-state index in [2.05, 4.69) is 69.3 Å². The lowest BCUT2D eigenvalue weighted by Crippen LogP contribution is -2.17. The summed E-state index contributed by atoms with van der Waals surface area (Å²) in [7, 11) is 0. The molecule has 0 saturated carbocycles. The number of anilines is 1. The number of rotatable bonds is 8. The standard InChI is InChI=1S/C35H39N7O2S/c1-20(2)24-19-45-33-30(31(35-41-40-21(3)44-35)27(38-32(24)33)9-8-22-12-16-43-17-13-22)29-18-42-15-5-7-28(34(42)39-29)37-26-11-10-25-23(26)6-4-14-36-25/h4-7,14-15,18,20,22,24,26,37H,8-13,16-17,19H2,1-3H3. The number of imidazole rings is 1. The van der Waals surface area contributed by atoms with Crippen molar-refractivity contribution in [1.82, 2.24) is 29.5 Å². The maximum Gasteiger partial charge on any atom is 0.250 e. The van der Waals surface area contributed by atoms with Crippen LogP contribution in [0.25, 0.3) is 28.4 Å². The molecular weight excluding hydrogens is 582 g/mol. The van der Waals surface area contributed by atoms with Gasteiger partial charge >= 0.3 is 0 Å². The van der Waals surface area contributed by atoms with Crippen molar-refractivity contribution in [3.8, 4) is 22.7 Å². The molecule has 2 unspecified atom stereocenters. The van der Waals surface area contributed by atoms with Crippen LogP contribution in [0.2, 0.25) is 0 Å². The van der Waals surface area contributed by atoms with E-state index in [1.54, 1.807) is 0 Å². The normalized spacial score (nSPS) is 19.8. The second kappa shape index (κ2) is 11.9. The van der Waals surface area contributed by atoms with Gasteiger partial charge in [0.2, 0.25) is 11.8 Å². The third kappa shape index (κ3) is 5.31. The summed E-state index contributed by atoms with van der Waals surface area (Å²) in [5.74, 6) is 3.58. The highest BCUT2D eigenvalue weighted by Crippen LogP contribution is 2.51. The van der Waals surface area contributed by atoms with Crippen LogP contribution in [0.15, 0.2) is 52.2 Å². The van der Waals surface area contributed by atoms with Gasteiger partial charge in [-0.25, -0.2) is 4.98 Å². The van der Waals surface area contributed by atoms with Crippen molar-refractivity contribution in [3.63, 3.8) is 0 Å². The molecule has 3 aliphatic rings. The fourth-order valence-electron chi connectivity index (χ4n) is 7.22. The highest BCUT2D eigenvalue weighted by Gasteiger charge is 2.35. The molecule has 5 aromatic rings. The van der Waals surface area contributed by atoms with Crippen molar-refractivity contribution in [2.24, 2.45) is 11.8 Å². The Kier molecular flexibility index (Phi) is 7.57. The number of thioether (sulfide) groups is 1. The van der Waals surface area contributed by atoms with Crippen molar-refractivity contribution in [2.75, 3.05) is 24.3 Å². The van der Waals surface area contributed by atoms with Gasteiger partial charge < -0.3 is 18.9 Å². The van der Waals surface area contributed by atoms with Crippen LogP contribution < -0.4 is 5.32 Å². The summed E-state index contributed by atoms with van der Waals surface area (Å²) in [5, 5.41) is 12.6. The summed E-state index contributed by atoms with van der Waals surface area (Å²) in [4.78, 5) is 16.6. The van der Waals surface area contributed by atoms with Gasteiger partial charge in [-0.1, -0.05) is 19.9 Å². The molecule has 1 N–H and O–H groups in total. The van der Waals surface area contributed by atoms with Gasteiger partial charge in [-0.15, -0.1) is 22.0 Å². The van der Waals surface area contributed by atoms with Crippen LogP contribution in [0.4, 0.5) is 5.69 Å². The molecule has 45 heavy (non-hydrogen) atoms. The Morgan fingerprint density at radius 2 is 1.96 bits per heavy atom. The van der Waals surface area contributed by atoms with E-state index >= 15 is 0 Å². The Hall–Kier alpha value is -3.76. The van der Waals surface area contributed by atoms with E-state index in [9.17, 15) is 0 Å². The first kappa shape index (κ1) is 28.7. The zero-order valence-electron chi connectivity index (χ0n) is 26.1. The largest absolute Gasteiger partial charge is 0.421 e. The van der Waals surface area contributed by atoms with Crippen molar-refractivity contribution in [1.29, 1.82) is 0 Å². The van der Waals surface area contributed by atoms with E-state index in [1.807, 2.05) is 30.9 Å². The van der Waals surface area contributed by atoms with Crippen LogP contribution >= 0.6 is 11.8 Å². The highest BCUT2D eigenvalue weighted by atomic mass is 32.2. The van der Waals surface area contributed by atoms with E-state index in [-0.39, 0.29) is 6.04 Å². The SMILES string of the molecule is Cc1nnc(-c2c(CCC3CCOCC3)nc3c(c2-c2cn4cccc(NC5CCc6ncccc65)c4n2)SCC3C(C)C)o1. The Morgan fingerprint density at radius 1 is 1.07 bits per heavy atom. The molecule has 7 heterocycles. The van der Waals surface area contributed by atoms with E-state index in [0.29, 0.717) is 29.5 Å². The van der Waals surface area contributed by atoms with Crippen molar-refractivity contribution in [2.45, 2.75) is 76.2 Å². The van der Waals surface area contributed by atoms with Gasteiger partial charge in [0, 0.05) is 66.6 Å². The monoisotopic (exact) mass is 621 g/mol. The first-order valence-electron chi connectivity index (χ1n) is 16.3. The zero-order valence-corrected chi connectivity index (χ0v) is 26.9. The number of aryl methyl sites for hydroxylation is 3. The number of nitrogens with one attached hydrogen (secondary N) is 1. The first-order valence-corrected chi connectivity index (χ1v) is 17.3. The lowest BCUT2D eigenvalue weighted by atomic mass is 9.89. The van der Waals surface area contributed by atoms with Crippen LogP contribution in [-0.4, -0.2) is 48.5 Å². The maximum atomic E-state index is 6.17. The maximum absolute atomic E-state index is 6.17. The summed E-state index contributed by atoms with van der Waals surface area (Å²) in [6.07, 6.45) is 12.2. The fraction of sp³-hybridized carbons (Fsp3) is 0.457. The molecule has 1 saturated heterocycles. The van der Waals surface area contributed by atoms with Gasteiger partial charge in [0.15, 0.2) is 5.65 Å². The molecule has 1 aliphatic carbocycles.